The molecule has 1 heterocycles. The molecule has 8 heteroatoms. The minimum Gasteiger partial charge on any atom is -0.510 e. The van der Waals surface area contributed by atoms with Gasteiger partial charge in [0.05, 0.1) is 22.9 Å². The third-order valence-electron chi connectivity index (χ3n) is 5.48. The van der Waals surface area contributed by atoms with Crippen molar-refractivity contribution < 1.29 is 19.5 Å². The van der Waals surface area contributed by atoms with E-state index in [1.165, 1.54) is 11.8 Å². The van der Waals surface area contributed by atoms with Crippen molar-refractivity contribution in [1.82, 2.24) is 4.90 Å². The van der Waals surface area contributed by atoms with Crippen molar-refractivity contribution in [2.75, 3.05) is 5.75 Å². The number of aliphatic hydroxyl groups excluding tert-OH is 1. The highest BCUT2D eigenvalue weighted by Crippen LogP contribution is 2.39. The lowest BCUT2D eigenvalue weighted by Gasteiger charge is -2.27. The average molecular weight is 486 g/mol. The monoisotopic (exact) mass is 485 g/mol. The van der Waals surface area contributed by atoms with E-state index in [0.29, 0.717) is 5.75 Å². The molecule has 0 radical (unpaired) electrons. The fourth-order valence-corrected chi connectivity index (χ4v) is 4.52. The van der Waals surface area contributed by atoms with E-state index in [2.05, 4.69) is 10.2 Å². The summed E-state index contributed by atoms with van der Waals surface area (Å²) in [6, 6.07) is 22.8. The van der Waals surface area contributed by atoms with Gasteiger partial charge in [-0.05, 0) is 35.9 Å². The first-order valence-corrected chi connectivity index (χ1v) is 12.0. The largest absolute Gasteiger partial charge is 0.510 e. The molecule has 7 nitrogen and oxygen atoms in total. The number of hydrogen-bond acceptors (Lipinski definition) is 7. The molecule has 0 aromatic heterocycles. The van der Waals surface area contributed by atoms with Crippen LogP contribution in [0, 0.1) is 0 Å². The number of rotatable bonds is 7. The first kappa shape index (κ1) is 24.1. The van der Waals surface area contributed by atoms with E-state index >= 15 is 0 Å². The molecule has 0 bridgehead atoms. The van der Waals surface area contributed by atoms with E-state index in [9.17, 15) is 19.5 Å². The van der Waals surface area contributed by atoms with Gasteiger partial charge in [-0.1, -0.05) is 85.4 Å². The number of azo groups is 1. The Kier molecular flexibility index (Phi) is 7.22. The van der Waals surface area contributed by atoms with Gasteiger partial charge >= 0.3 is 0 Å². The number of carbonyl (C=O) groups is 3. The number of aliphatic hydroxyl groups is 1. The summed E-state index contributed by atoms with van der Waals surface area (Å²) in [6.07, 6.45) is 0. The maximum Gasteiger partial charge on any atom is 0.264 e. The zero-order valence-corrected chi connectivity index (χ0v) is 20.0. The van der Waals surface area contributed by atoms with Crippen LogP contribution in [0.25, 0.3) is 0 Å². The molecule has 1 N–H and O–H groups in total. The predicted molar refractivity (Wildman–Crippen MR) is 135 cm³/mol. The van der Waals surface area contributed by atoms with Crippen LogP contribution in [0.3, 0.4) is 0 Å². The van der Waals surface area contributed by atoms with Crippen LogP contribution < -0.4 is 0 Å². The van der Waals surface area contributed by atoms with Crippen LogP contribution in [0.4, 0.5) is 5.69 Å². The molecule has 1 aliphatic heterocycles. The number of allylic oxidation sites excluding steroid dienone is 1. The van der Waals surface area contributed by atoms with E-state index in [0.717, 1.165) is 22.9 Å². The summed E-state index contributed by atoms with van der Waals surface area (Å²) in [5.41, 5.74) is 1.86. The molecule has 1 aliphatic rings. The lowest BCUT2D eigenvalue weighted by molar-refractivity contribution is -0.108. The van der Waals surface area contributed by atoms with Crippen LogP contribution in [0.2, 0.25) is 0 Å². The number of benzene rings is 3. The number of carbonyl (C=O) groups excluding carboxylic acids is 3. The summed E-state index contributed by atoms with van der Waals surface area (Å²) in [7, 11) is 0. The second-order valence-corrected chi connectivity index (χ2v) is 9.00. The number of fused-ring (bicyclic) bond motifs is 1. The van der Waals surface area contributed by atoms with Gasteiger partial charge in [-0.3, -0.25) is 19.3 Å². The van der Waals surface area contributed by atoms with Crippen molar-refractivity contribution in [3.8, 4) is 0 Å². The summed E-state index contributed by atoms with van der Waals surface area (Å²) in [5.74, 6) is -0.706. The third-order valence-corrected chi connectivity index (χ3v) is 6.23. The zero-order valence-electron chi connectivity index (χ0n) is 19.2. The minimum absolute atomic E-state index is 0.114. The van der Waals surface area contributed by atoms with Crippen LogP contribution in [0.5, 0.6) is 0 Å². The van der Waals surface area contributed by atoms with Crippen molar-refractivity contribution in [1.29, 1.82) is 0 Å². The van der Waals surface area contributed by atoms with Crippen LogP contribution >= 0.6 is 11.8 Å². The second kappa shape index (κ2) is 10.5. The Labute approximate surface area is 207 Å². The Bertz CT molecular complexity index is 1290. The topological polar surface area (TPSA) is 99.4 Å². The molecule has 0 atom stereocenters. The quantitative estimate of drug-likeness (QED) is 0.185. The van der Waals surface area contributed by atoms with Crippen LogP contribution in [-0.4, -0.2) is 32.7 Å². The SMILES string of the molecule is CCSC(=O)C(N=Nc1cccc2c1C(=O)N(C(c1ccccc1)c1ccccc1)C2=O)=C(C)O. The van der Waals surface area contributed by atoms with Gasteiger partial charge in [-0.15, -0.1) is 10.2 Å². The third kappa shape index (κ3) is 4.79. The fourth-order valence-electron chi connectivity index (χ4n) is 3.93. The summed E-state index contributed by atoms with van der Waals surface area (Å²) in [4.78, 5) is 40.7. The fraction of sp³-hybridized carbons (Fsp3) is 0.148. The molecule has 0 fully saturated rings. The Morgan fingerprint density at radius 3 is 2.06 bits per heavy atom. The summed E-state index contributed by atoms with van der Waals surface area (Å²) in [5, 5.41) is 17.5. The molecule has 2 amide bonds. The number of hydrogen-bond donors (Lipinski definition) is 1. The highest BCUT2D eigenvalue weighted by atomic mass is 32.2. The first-order chi connectivity index (χ1) is 16.9. The Morgan fingerprint density at radius 1 is 0.914 bits per heavy atom. The van der Waals surface area contributed by atoms with Crippen molar-refractivity contribution in [2.45, 2.75) is 19.9 Å². The molecule has 4 rings (SSSR count). The molecule has 3 aromatic carbocycles. The highest BCUT2D eigenvalue weighted by Gasteiger charge is 2.42. The minimum atomic E-state index is -0.632. The summed E-state index contributed by atoms with van der Waals surface area (Å²) >= 11 is 0.989. The predicted octanol–water partition coefficient (Wildman–Crippen LogP) is 6.23. The number of thioether (sulfide) groups is 1. The lowest BCUT2D eigenvalue weighted by atomic mass is 9.97. The maximum atomic E-state index is 13.7. The summed E-state index contributed by atoms with van der Waals surface area (Å²) in [6.45, 7) is 3.15. The normalized spacial score (nSPS) is 14.0. The van der Waals surface area contributed by atoms with E-state index in [4.69, 9.17) is 0 Å². The van der Waals surface area contributed by atoms with Gasteiger partial charge in [0, 0.05) is 0 Å². The Hall–Kier alpha value is -4.04. The Morgan fingerprint density at radius 2 is 1.51 bits per heavy atom. The smallest absolute Gasteiger partial charge is 0.264 e. The van der Waals surface area contributed by atoms with Crippen molar-refractivity contribution in [3.63, 3.8) is 0 Å². The lowest BCUT2D eigenvalue weighted by Crippen LogP contribution is -2.34. The average Bonchev–Trinajstić information content (AvgIpc) is 3.11. The van der Waals surface area contributed by atoms with Crippen LogP contribution in [0.15, 0.2) is 101 Å². The van der Waals surface area contributed by atoms with Gasteiger partial charge in [0.25, 0.3) is 11.8 Å². The molecule has 0 saturated carbocycles. The molecule has 3 aromatic rings. The molecule has 0 aliphatic carbocycles. The van der Waals surface area contributed by atoms with E-state index in [-0.39, 0.29) is 28.3 Å². The molecule has 35 heavy (non-hydrogen) atoms. The van der Waals surface area contributed by atoms with Crippen molar-refractivity contribution in [2.24, 2.45) is 10.2 Å². The molecule has 0 unspecified atom stereocenters. The summed E-state index contributed by atoms with van der Waals surface area (Å²) < 4.78 is 0. The van der Waals surface area contributed by atoms with E-state index in [1.807, 2.05) is 67.6 Å². The number of imide groups is 1. The molecule has 0 saturated heterocycles. The first-order valence-electron chi connectivity index (χ1n) is 11.0. The van der Waals surface area contributed by atoms with Crippen molar-refractivity contribution in [3.05, 3.63) is 113 Å². The van der Waals surface area contributed by atoms with Gasteiger partial charge in [0.15, 0.2) is 5.70 Å². The Balaban J connectivity index is 1.78. The van der Waals surface area contributed by atoms with Gasteiger partial charge in [-0.25, -0.2) is 0 Å². The van der Waals surface area contributed by atoms with Crippen LogP contribution in [0.1, 0.15) is 51.7 Å². The van der Waals surface area contributed by atoms with Gasteiger partial charge in [0.2, 0.25) is 5.12 Å². The van der Waals surface area contributed by atoms with Crippen LogP contribution in [-0.2, 0) is 4.79 Å². The van der Waals surface area contributed by atoms with Gasteiger partial charge in [0.1, 0.15) is 5.76 Å². The number of nitrogens with zero attached hydrogens (tertiary/aromatic N) is 3. The van der Waals surface area contributed by atoms with E-state index in [1.54, 1.807) is 18.2 Å². The van der Waals surface area contributed by atoms with E-state index < -0.39 is 23.0 Å². The standard InChI is InChI=1S/C27H23N3O4S/c1-3-35-27(34)23(17(2)31)29-28-21-16-10-15-20-22(21)26(33)30(25(20)32)24(18-11-6-4-7-12-18)19-13-8-5-9-14-19/h4-16,24,31H,3H2,1-2H3. The zero-order chi connectivity index (χ0) is 24.9. The molecular formula is C27H23N3O4S. The number of amides is 2. The van der Waals surface area contributed by atoms with Gasteiger partial charge < -0.3 is 5.11 Å². The highest BCUT2D eigenvalue weighted by molar-refractivity contribution is 8.14. The maximum absolute atomic E-state index is 13.7. The second-order valence-electron chi connectivity index (χ2n) is 7.76. The molecular weight excluding hydrogens is 462 g/mol. The molecule has 0 spiro atoms. The van der Waals surface area contributed by atoms with Gasteiger partial charge in [-0.2, -0.15) is 0 Å². The molecule has 176 valence electrons. The van der Waals surface area contributed by atoms with Crippen molar-refractivity contribution >= 4 is 34.4 Å².